The maximum absolute atomic E-state index is 14.1. The van der Waals surface area contributed by atoms with Crippen LogP contribution < -0.4 is 10.6 Å². The van der Waals surface area contributed by atoms with E-state index < -0.39 is 41.5 Å². The highest BCUT2D eigenvalue weighted by molar-refractivity contribution is 5.88. The van der Waals surface area contributed by atoms with Gasteiger partial charge >= 0.3 is 12.2 Å². The minimum absolute atomic E-state index is 0.223. The van der Waals surface area contributed by atoms with Gasteiger partial charge in [-0.25, -0.2) is 19.6 Å². The van der Waals surface area contributed by atoms with Crippen molar-refractivity contribution in [3.8, 4) is 34.4 Å². The van der Waals surface area contributed by atoms with Gasteiger partial charge in [-0.2, -0.15) is 0 Å². The van der Waals surface area contributed by atoms with Gasteiger partial charge in [-0.05, 0) is 108 Å². The van der Waals surface area contributed by atoms with Gasteiger partial charge in [-0.15, -0.1) is 0 Å². The second-order valence-corrected chi connectivity index (χ2v) is 18.6. The summed E-state index contributed by atoms with van der Waals surface area (Å²) in [6.07, 6.45) is 3.71. The predicted molar refractivity (Wildman–Crippen MR) is 256 cm³/mol. The molecule has 2 aromatic heterocycles. The number of aromatic amines is 2. The first kappa shape index (κ1) is 47.3. The van der Waals surface area contributed by atoms with Crippen molar-refractivity contribution in [3.05, 3.63) is 155 Å². The van der Waals surface area contributed by atoms with Crippen molar-refractivity contribution in [1.29, 1.82) is 0 Å². The van der Waals surface area contributed by atoms with E-state index in [1.807, 2.05) is 104 Å². The molecule has 0 unspecified atom stereocenters. The van der Waals surface area contributed by atoms with Gasteiger partial charge in [0, 0.05) is 24.7 Å². The van der Waals surface area contributed by atoms with Crippen LogP contribution in [0.25, 0.3) is 22.5 Å². The monoisotopic (exact) mass is 902 g/mol. The molecular formula is C53H58N8O6. The third-order valence-corrected chi connectivity index (χ3v) is 11.2. The molecule has 3 heterocycles. The predicted octanol–water partition coefficient (Wildman–Crippen LogP) is 9.58. The Labute approximate surface area is 391 Å². The summed E-state index contributed by atoms with van der Waals surface area (Å²) in [4.78, 5) is 73.1. The SMILES string of the molecule is C[C@@H](c1ncc(-c2ccc(C#Cc3ccc(-c4cnc([C@@H]5CCCN5C(=O)[C@H](NC(=O)OC(C)(C)C)c5ccccc5)[nH]4)cc3)cc2)[nH]1)N(C)C(=O)[C@H](NC(=O)OC(C)(C)C)c1ccccc1. The lowest BCUT2D eigenvalue weighted by atomic mass is 10.0. The molecule has 0 bridgehead atoms. The maximum Gasteiger partial charge on any atom is 0.408 e. The molecule has 14 nitrogen and oxygen atoms in total. The fourth-order valence-electron chi connectivity index (χ4n) is 7.73. The molecule has 4 atom stereocenters. The topological polar surface area (TPSA) is 175 Å². The molecule has 0 saturated carbocycles. The highest BCUT2D eigenvalue weighted by Gasteiger charge is 2.38. The standard InChI is InChI=1S/C53H58N8O6/c1-34(60(8)48(62)44(39-16-11-9-12-17-39)58-50(64)66-52(2,3)4)46-54-32-41(56-46)37-27-23-35(24-28-37)21-22-36-25-29-38(30-26-36)42-33-55-47(57-42)43-20-15-31-61(43)49(63)45(40-18-13-10-14-19-40)59-51(65)67-53(5,6)7/h9-14,16-19,23-30,32-34,43-45H,15,20,31H2,1-8H3,(H,54,56)(H,55,57)(H,58,64)(H,59,65)/t34-,43-,44+,45+/m0/s1. The van der Waals surface area contributed by atoms with Gasteiger partial charge in [-0.1, -0.05) is 96.8 Å². The number of H-pyrrole nitrogens is 2. The van der Waals surface area contributed by atoms with Gasteiger partial charge in [0.1, 0.15) is 34.9 Å². The van der Waals surface area contributed by atoms with E-state index >= 15 is 0 Å². The summed E-state index contributed by atoms with van der Waals surface area (Å²) in [5, 5.41) is 5.56. The van der Waals surface area contributed by atoms with E-state index in [2.05, 4.69) is 37.4 Å². The summed E-state index contributed by atoms with van der Waals surface area (Å²) in [5.41, 5.74) is 4.97. The van der Waals surface area contributed by atoms with Crippen LogP contribution in [-0.2, 0) is 19.1 Å². The molecule has 346 valence electrons. The zero-order valence-corrected chi connectivity index (χ0v) is 39.2. The van der Waals surface area contributed by atoms with E-state index in [-0.39, 0.29) is 17.9 Å². The third kappa shape index (κ3) is 12.2. The average molecular weight is 903 g/mol. The van der Waals surface area contributed by atoms with Gasteiger partial charge in [-0.3, -0.25) is 9.59 Å². The maximum atomic E-state index is 14.1. The molecule has 0 spiro atoms. The highest BCUT2D eigenvalue weighted by Crippen LogP contribution is 2.34. The van der Waals surface area contributed by atoms with E-state index in [0.717, 1.165) is 46.5 Å². The average Bonchev–Trinajstić information content (AvgIpc) is 4.11. The molecule has 1 saturated heterocycles. The van der Waals surface area contributed by atoms with Gasteiger partial charge in [0.25, 0.3) is 5.91 Å². The molecule has 0 radical (unpaired) electrons. The van der Waals surface area contributed by atoms with E-state index in [9.17, 15) is 19.2 Å². The normalized spacial score (nSPS) is 15.0. The lowest BCUT2D eigenvalue weighted by Gasteiger charge is -2.29. The molecule has 1 aliphatic rings. The first-order valence-corrected chi connectivity index (χ1v) is 22.4. The van der Waals surface area contributed by atoms with E-state index in [1.165, 1.54) is 0 Å². The minimum atomic E-state index is -0.958. The number of hydrogen-bond donors (Lipinski definition) is 4. The Hall–Kier alpha value is -7.66. The molecule has 4 N–H and O–H groups in total. The number of rotatable bonds is 11. The Morgan fingerprint density at radius 3 is 1.69 bits per heavy atom. The number of nitrogens with one attached hydrogen (secondary N) is 4. The molecule has 4 amide bonds. The zero-order valence-electron chi connectivity index (χ0n) is 39.2. The number of aromatic nitrogens is 4. The summed E-state index contributed by atoms with van der Waals surface area (Å²) < 4.78 is 11.0. The molecule has 1 aliphatic heterocycles. The fraction of sp³-hybridized carbons (Fsp3) is 0.321. The van der Waals surface area contributed by atoms with E-state index in [4.69, 9.17) is 14.5 Å². The Bertz CT molecular complexity index is 2730. The summed E-state index contributed by atoms with van der Waals surface area (Å²) in [6, 6.07) is 31.4. The molecule has 14 heteroatoms. The number of likely N-dealkylation sites (tertiary alicyclic amines) is 1. The van der Waals surface area contributed by atoms with Crippen LogP contribution in [0, 0.1) is 11.8 Å². The molecule has 6 aromatic rings. The van der Waals surface area contributed by atoms with Crippen LogP contribution in [0.1, 0.15) is 119 Å². The smallest absolute Gasteiger partial charge is 0.408 e. The number of imidazole rings is 2. The van der Waals surface area contributed by atoms with Crippen LogP contribution in [0.3, 0.4) is 0 Å². The molecule has 0 aliphatic carbocycles. The fourth-order valence-corrected chi connectivity index (χ4v) is 7.73. The van der Waals surface area contributed by atoms with Crippen LogP contribution in [-0.4, -0.2) is 78.5 Å². The Morgan fingerprint density at radius 1 is 0.687 bits per heavy atom. The number of ether oxygens (including phenoxy) is 2. The van der Waals surface area contributed by atoms with Crippen molar-refractivity contribution in [1.82, 2.24) is 40.4 Å². The number of likely N-dealkylation sites (N-methyl/N-ethyl adjacent to an activating group) is 1. The van der Waals surface area contributed by atoms with E-state index in [1.54, 1.807) is 82.9 Å². The van der Waals surface area contributed by atoms with Crippen molar-refractivity contribution in [2.45, 2.75) is 96.7 Å². The Morgan fingerprint density at radius 2 is 1.16 bits per heavy atom. The van der Waals surface area contributed by atoms with Crippen molar-refractivity contribution < 1.29 is 28.7 Å². The van der Waals surface area contributed by atoms with E-state index in [0.29, 0.717) is 29.3 Å². The Balaban J connectivity index is 0.972. The molecule has 67 heavy (non-hydrogen) atoms. The number of carbonyl (C=O) groups excluding carboxylic acids is 4. The van der Waals surface area contributed by atoms with Gasteiger partial charge in [0.2, 0.25) is 5.91 Å². The minimum Gasteiger partial charge on any atom is -0.444 e. The van der Waals surface area contributed by atoms with Crippen LogP contribution in [0.2, 0.25) is 0 Å². The van der Waals surface area contributed by atoms with Gasteiger partial charge in [0.05, 0.1) is 35.9 Å². The first-order valence-electron chi connectivity index (χ1n) is 22.4. The van der Waals surface area contributed by atoms with Crippen LogP contribution in [0.5, 0.6) is 0 Å². The van der Waals surface area contributed by atoms with Crippen LogP contribution in [0.15, 0.2) is 122 Å². The molecule has 7 rings (SSSR count). The van der Waals surface area contributed by atoms with Crippen LogP contribution in [0.4, 0.5) is 9.59 Å². The number of hydrogen-bond acceptors (Lipinski definition) is 8. The molecule has 1 fully saturated rings. The largest absolute Gasteiger partial charge is 0.444 e. The summed E-state index contributed by atoms with van der Waals surface area (Å²) in [6.45, 7) is 13.1. The lowest BCUT2D eigenvalue weighted by Crippen LogP contribution is -2.44. The highest BCUT2D eigenvalue weighted by atomic mass is 16.6. The van der Waals surface area contributed by atoms with Gasteiger partial charge in [0.15, 0.2) is 0 Å². The molecular weight excluding hydrogens is 845 g/mol. The molecule has 4 aromatic carbocycles. The van der Waals surface area contributed by atoms with Crippen molar-refractivity contribution in [2.75, 3.05) is 13.6 Å². The second-order valence-electron chi connectivity index (χ2n) is 18.6. The zero-order chi connectivity index (χ0) is 47.9. The summed E-state index contributed by atoms with van der Waals surface area (Å²) >= 11 is 0. The third-order valence-electron chi connectivity index (χ3n) is 11.2. The quantitative estimate of drug-likeness (QED) is 0.0930. The van der Waals surface area contributed by atoms with Crippen LogP contribution >= 0.6 is 0 Å². The first-order chi connectivity index (χ1) is 31.9. The lowest BCUT2D eigenvalue weighted by molar-refractivity contribution is -0.135. The Kier molecular flexibility index (Phi) is 14.3. The number of alkyl carbamates (subject to hydrolysis) is 2. The number of nitrogens with zero attached hydrogens (tertiary/aromatic N) is 4. The second kappa shape index (κ2) is 20.2. The number of carbonyl (C=O) groups is 4. The van der Waals surface area contributed by atoms with Crippen molar-refractivity contribution in [2.24, 2.45) is 0 Å². The van der Waals surface area contributed by atoms with Crippen molar-refractivity contribution in [3.63, 3.8) is 0 Å². The number of benzene rings is 4. The summed E-state index contributed by atoms with van der Waals surface area (Å²) in [5.74, 6) is 7.23. The van der Waals surface area contributed by atoms with Gasteiger partial charge < -0.3 is 39.9 Å². The summed E-state index contributed by atoms with van der Waals surface area (Å²) in [7, 11) is 1.68. The number of amides is 4. The van der Waals surface area contributed by atoms with Crippen molar-refractivity contribution >= 4 is 24.0 Å².